The predicted molar refractivity (Wildman–Crippen MR) is 84.0 cm³/mol. The first-order valence-corrected chi connectivity index (χ1v) is 8.26. The van der Waals surface area contributed by atoms with Crippen molar-refractivity contribution in [3.63, 3.8) is 0 Å². The molecule has 118 valence electrons. The average Bonchev–Trinajstić information content (AvgIpc) is 2.92. The minimum Gasteiger partial charge on any atom is -0.338 e. The number of hydrogen-bond donors (Lipinski definition) is 2. The van der Waals surface area contributed by atoms with E-state index in [-0.39, 0.29) is 6.03 Å². The van der Waals surface area contributed by atoms with Gasteiger partial charge < -0.3 is 10.6 Å². The number of aromatic nitrogens is 2. The van der Waals surface area contributed by atoms with E-state index >= 15 is 0 Å². The van der Waals surface area contributed by atoms with E-state index in [1.165, 1.54) is 32.1 Å². The van der Waals surface area contributed by atoms with Crippen LogP contribution in [0.15, 0.2) is 18.5 Å². The summed E-state index contributed by atoms with van der Waals surface area (Å²) in [7, 11) is 0. The van der Waals surface area contributed by atoms with E-state index < -0.39 is 0 Å². The second-order valence-corrected chi connectivity index (χ2v) is 6.23. The van der Waals surface area contributed by atoms with Crippen molar-refractivity contribution in [1.29, 1.82) is 0 Å². The number of carbonyl (C=O) groups excluding carboxylic acids is 1. The second-order valence-electron chi connectivity index (χ2n) is 6.23. The highest BCUT2D eigenvalue weighted by molar-refractivity contribution is 5.74. The van der Waals surface area contributed by atoms with E-state index in [0.29, 0.717) is 18.5 Å². The lowest BCUT2D eigenvalue weighted by atomic mass is 9.97. The van der Waals surface area contributed by atoms with Crippen LogP contribution in [0.2, 0.25) is 0 Å². The second kappa shape index (κ2) is 8.70. The number of hydrogen-bond acceptors (Lipinski definition) is 2. The van der Waals surface area contributed by atoms with Crippen LogP contribution in [0.3, 0.4) is 0 Å². The standard InChI is InChI=1S/C16H28N4O/c1-14(13-20-11-7-10-18-20)12-17-16(21)19-15-8-5-3-2-4-6-9-15/h7,10-11,14-15H,2-6,8-9,12-13H2,1H3,(H2,17,19,21)/t14-/m1/s1. The molecule has 0 unspecified atom stereocenters. The molecule has 1 aliphatic carbocycles. The fourth-order valence-corrected chi connectivity index (χ4v) is 2.90. The van der Waals surface area contributed by atoms with Crippen molar-refractivity contribution in [3.8, 4) is 0 Å². The largest absolute Gasteiger partial charge is 0.338 e. The van der Waals surface area contributed by atoms with Crippen LogP contribution in [0.4, 0.5) is 4.79 Å². The molecule has 1 heterocycles. The average molecular weight is 292 g/mol. The van der Waals surface area contributed by atoms with Crippen molar-refractivity contribution >= 4 is 6.03 Å². The van der Waals surface area contributed by atoms with Crippen LogP contribution in [0.5, 0.6) is 0 Å². The van der Waals surface area contributed by atoms with Crippen LogP contribution in [0.1, 0.15) is 51.9 Å². The highest BCUT2D eigenvalue weighted by Crippen LogP contribution is 2.16. The summed E-state index contributed by atoms with van der Waals surface area (Å²) >= 11 is 0. The molecule has 2 amide bonds. The zero-order chi connectivity index (χ0) is 14.9. The van der Waals surface area contributed by atoms with Crippen LogP contribution >= 0.6 is 0 Å². The molecule has 5 heteroatoms. The smallest absolute Gasteiger partial charge is 0.315 e. The zero-order valence-electron chi connectivity index (χ0n) is 13.1. The zero-order valence-corrected chi connectivity index (χ0v) is 13.1. The number of amides is 2. The Bertz CT molecular complexity index is 396. The molecule has 1 aromatic rings. The van der Waals surface area contributed by atoms with E-state index in [4.69, 9.17) is 0 Å². The van der Waals surface area contributed by atoms with E-state index in [0.717, 1.165) is 19.4 Å². The van der Waals surface area contributed by atoms with Crippen LogP contribution in [0, 0.1) is 5.92 Å². The Morgan fingerprint density at radius 1 is 1.29 bits per heavy atom. The van der Waals surface area contributed by atoms with Gasteiger partial charge in [0.25, 0.3) is 0 Å². The SMILES string of the molecule is C[C@H](CNC(=O)NC1CCCCCCC1)Cn1cccn1. The van der Waals surface area contributed by atoms with Crippen molar-refractivity contribution in [2.24, 2.45) is 5.92 Å². The highest BCUT2D eigenvalue weighted by Gasteiger charge is 2.14. The number of nitrogens with one attached hydrogen (secondary N) is 2. The topological polar surface area (TPSA) is 59.0 Å². The Balaban J connectivity index is 1.64. The molecule has 1 fully saturated rings. The summed E-state index contributed by atoms with van der Waals surface area (Å²) in [5, 5.41) is 10.3. The van der Waals surface area contributed by atoms with Crippen molar-refractivity contribution in [2.45, 2.75) is 64.5 Å². The van der Waals surface area contributed by atoms with Crippen molar-refractivity contribution < 1.29 is 4.79 Å². The molecule has 0 aliphatic heterocycles. The van der Waals surface area contributed by atoms with Gasteiger partial charge in [-0.1, -0.05) is 39.0 Å². The Morgan fingerprint density at radius 3 is 2.67 bits per heavy atom. The summed E-state index contributed by atoms with van der Waals surface area (Å²) in [4.78, 5) is 12.0. The molecule has 1 aliphatic rings. The van der Waals surface area contributed by atoms with Gasteiger partial charge in [0.2, 0.25) is 0 Å². The maximum absolute atomic E-state index is 12.0. The van der Waals surface area contributed by atoms with E-state index in [9.17, 15) is 4.79 Å². The van der Waals surface area contributed by atoms with Crippen molar-refractivity contribution in [2.75, 3.05) is 6.54 Å². The third-order valence-corrected chi connectivity index (χ3v) is 4.11. The molecule has 5 nitrogen and oxygen atoms in total. The lowest BCUT2D eigenvalue weighted by molar-refractivity contribution is 0.231. The molecule has 0 aromatic carbocycles. The molecule has 1 saturated carbocycles. The molecular weight excluding hydrogens is 264 g/mol. The molecule has 21 heavy (non-hydrogen) atoms. The molecular formula is C16H28N4O. The Morgan fingerprint density at radius 2 is 2.00 bits per heavy atom. The minimum atomic E-state index is -0.0205. The lowest BCUT2D eigenvalue weighted by Crippen LogP contribution is -2.44. The first-order chi connectivity index (χ1) is 10.2. The van der Waals surface area contributed by atoms with Crippen LogP contribution in [-0.4, -0.2) is 28.4 Å². The Labute approximate surface area is 127 Å². The van der Waals surface area contributed by atoms with Crippen LogP contribution in [0.25, 0.3) is 0 Å². The van der Waals surface area contributed by atoms with Crippen LogP contribution in [-0.2, 0) is 6.54 Å². The summed E-state index contributed by atoms with van der Waals surface area (Å²) < 4.78 is 1.90. The third-order valence-electron chi connectivity index (χ3n) is 4.11. The fourth-order valence-electron chi connectivity index (χ4n) is 2.90. The van der Waals surface area contributed by atoms with Gasteiger partial charge in [-0.3, -0.25) is 4.68 Å². The molecule has 2 N–H and O–H groups in total. The van der Waals surface area contributed by atoms with Crippen molar-refractivity contribution in [1.82, 2.24) is 20.4 Å². The molecule has 1 aromatic heterocycles. The highest BCUT2D eigenvalue weighted by atomic mass is 16.2. The Hall–Kier alpha value is -1.52. The number of rotatable bonds is 5. The van der Waals surface area contributed by atoms with Gasteiger partial charge in [0.15, 0.2) is 0 Å². The maximum atomic E-state index is 12.0. The number of nitrogens with zero attached hydrogens (tertiary/aromatic N) is 2. The van der Waals surface area contributed by atoms with Gasteiger partial charge in [0.1, 0.15) is 0 Å². The molecule has 0 saturated heterocycles. The van der Waals surface area contributed by atoms with Crippen LogP contribution < -0.4 is 10.6 Å². The summed E-state index contributed by atoms with van der Waals surface area (Å²) in [6.45, 7) is 3.63. The first kappa shape index (κ1) is 15.9. The van der Waals surface area contributed by atoms with E-state index in [1.807, 2.05) is 16.9 Å². The van der Waals surface area contributed by atoms with Gasteiger partial charge in [-0.15, -0.1) is 0 Å². The molecule has 2 rings (SSSR count). The van der Waals surface area contributed by atoms with Gasteiger partial charge in [0, 0.05) is 31.5 Å². The molecule has 0 bridgehead atoms. The lowest BCUT2D eigenvalue weighted by Gasteiger charge is -2.22. The van der Waals surface area contributed by atoms with Gasteiger partial charge in [0.05, 0.1) is 0 Å². The monoisotopic (exact) mass is 292 g/mol. The molecule has 0 spiro atoms. The summed E-state index contributed by atoms with van der Waals surface area (Å²) in [5.74, 6) is 0.369. The van der Waals surface area contributed by atoms with Gasteiger partial charge >= 0.3 is 6.03 Å². The van der Waals surface area contributed by atoms with Gasteiger partial charge in [-0.2, -0.15) is 5.10 Å². The van der Waals surface area contributed by atoms with Crippen molar-refractivity contribution in [3.05, 3.63) is 18.5 Å². The van der Waals surface area contributed by atoms with Gasteiger partial charge in [-0.05, 0) is 24.8 Å². The molecule has 0 radical (unpaired) electrons. The van der Waals surface area contributed by atoms with Gasteiger partial charge in [-0.25, -0.2) is 4.79 Å². The van der Waals surface area contributed by atoms with E-state index in [1.54, 1.807) is 6.20 Å². The fraction of sp³-hybridized carbons (Fsp3) is 0.750. The number of urea groups is 1. The predicted octanol–water partition coefficient (Wildman–Crippen LogP) is 2.93. The first-order valence-electron chi connectivity index (χ1n) is 8.26. The third kappa shape index (κ3) is 6.19. The maximum Gasteiger partial charge on any atom is 0.315 e. The minimum absolute atomic E-state index is 0.0205. The summed E-state index contributed by atoms with van der Waals surface area (Å²) in [6.07, 6.45) is 12.4. The summed E-state index contributed by atoms with van der Waals surface area (Å²) in [5.41, 5.74) is 0. The van der Waals surface area contributed by atoms with E-state index in [2.05, 4.69) is 22.7 Å². The normalized spacial score (nSPS) is 18.5. The summed E-state index contributed by atoms with van der Waals surface area (Å²) in [6, 6.07) is 2.25. The Kier molecular flexibility index (Phi) is 6.57. The quantitative estimate of drug-likeness (QED) is 0.876. The molecule has 1 atom stereocenters. The number of carbonyl (C=O) groups is 1.